The maximum atomic E-state index is 12.9. The lowest BCUT2D eigenvalue weighted by molar-refractivity contribution is -0.140. The predicted molar refractivity (Wildman–Crippen MR) is 120 cm³/mol. The van der Waals surface area contributed by atoms with E-state index in [1.165, 1.54) is 4.90 Å². The standard InChI is InChI=1S/C25H30N2O4/c1-5-6-13-27-22(19-9-7-8-12-26-19)21(24(29)25(27)30)23(28)18-10-11-20(17(4)14-18)31-15-16(2)3/h7-12,14,16,22,28H,5-6,13,15H2,1-4H3/b23-21-. The Bertz CT molecular complexity index is 982. The van der Waals surface area contributed by atoms with Crippen LogP contribution in [0.3, 0.4) is 0 Å². The summed E-state index contributed by atoms with van der Waals surface area (Å²) >= 11 is 0. The van der Waals surface area contributed by atoms with E-state index >= 15 is 0 Å². The molecule has 1 saturated heterocycles. The van der Waals surface area contributed by atoms with Crippen LogP contribution in [0, 0.1) is 12.8 Å². The van der Waals surface area contributed by atoms with Gasteiger partial charge in [-0.1, -0.05) is 33.3 Å². The second-order valence-corrected chi connectivity index (χ2v) is 8.29. The van der Waals surface area contributed by atoms with Gasteiger partial charge >= 0.3 is 0 Å². The molecule has 0 radical (unpaired) electrons. The number of aliphatic hydroxyl groups is 1. The molecule has 0 aliphatic carbocycles. The van der Waals surface area contributed by atoms with Gasteiger partial charge in [-0.05, 0) is 55.2 Å². The van der Waals surface area contributed by atoms with Crippen LogP contribution in [-0.2, 0) is 9.59 Å². The Hall–Kier alpha value is -3.15. The number of rotatable bonds is 8. The van der Waals surface area contributed by atoms with E-state index in [4.69, 9.17) is 4.74 Å². The highest BCUT2D eigenvalue weighted by Crippen LogP contribution is 2.39. The van der Waals surface area contributed by atoms with Crippen molar-refractivity contribution in [2.24, 2.45) is 5.92 Å². The number of amides is 1. The van der Waals surface area contributed by atoms with E-state index < -0.39 is 17.7 Å². The number of aryl methyl sites for hydroxylation is 1. The van der Waals surface area contributed by atoms with Crippen LogP contribution >= 0.6 is 0 Å². The Balaban J connectivity index is 2.05. The first-order valence-electron chi connectivity index (χ1n) is 10.8. The van der Waals surface area contributed by atoms with E-state index in [1.54, 1.807) is 36.5 Å². The fraction of sp³-hybridized carbons (Fsp3) is 0.400. The van der Waals surface area contributed by atoms with Gasteiger partial charge in [0, 0.05) is 18.3 Å². The summed E-state index contributed by atoms with van der Waals surface area (Å²) in [4.78, 5) is 31.6. The monoisotopic (exact) mass is 422 g/mol. The molecule has 1 N–H and O–H groups in total. The van der Waals surface area contributed by atoms with Crippen molar-refractivity contribution < 1.29 is 19.4 Å². The number of ether oxygens (including phenoxy) is 1. The first-order chi connectivity index (χ1) is 14.8. The van der Waals surface area contributed by atoms with Gasteiger partial charge in [-0.25, -0.2) is 0 Å². The molecular weight excluding hydrogens is 392 g/mol. The quantitative estimate of drug-likeness (QED) is 0.381. The normalized spacial score (nSPS) is 18.1. The number of aromatic nitrogens is 1. The number of ketones is 1. The lowest BCUT2D eigenvalue weighted by atomic mass is 9.97. The summed E-state index contributed by atoms with van der Waals surface area (Å²) in [6.45, 7) is 9.09. The molecule has 1 unspecified atom stereocenters. The maximum absolute atomic E-state index is 12.9. The fourth-order valence-corrected chi connectivity index (χ4v) is 3.65. The number of carbonyl (C=O) groups excluding carboxylic acids is 2. The average molecular weight is 423 g/mol. The molecule has 1 aliphatic rings. The third-order valence-corrected chi connectivity index (χ3v) is 5.28. The molecule has 1 fully saturated rings. The summed E-state index contributed by atoms with van der Waals surface area (Å²) in [6.07, 6.45) is 3.27. The van der Waals surface area contributed by atoms with E-state index in [0.29, 0.717) is 30.3 Å². The predicted octanol–water partition coefficient (Wildman–Crippen LogP) is 4.65. The van der Waals surface area contributed by atoms with Crippen molar-refractivity contribution in [3.63, 3.8) is 0 Å². The molecule has 6 nitrogen and oxygen atoms in total. The molecule has 1 aliphatic heterocycles. The van der Waals surface area contributed by atoms with Gasteiger partial charge in [0.05, 0.1) is 17.9 Å². The molecule has 1 amide bonds. The van der Waals surface area contributed by atoms with Crippen molar-refractivity contribution in [2.45, 2.75) is 46.6 Å². The molecule has 0 spiro atoms. The molecule has 1 aromatic carbocycles. The van der Waals surface area contributed by atoms with E-state index in [-0.39, 0.29) is 11.3 Å². The number of nitrogens with zero attached hydrogens (tertiary/aromatic N) is 2. The molecule has 0 saturated carbocycles. The highest BCUT2D eigenvalue weighted by Gasteiger charge is 2.46. The molecule has 1 atom stereocenters. The Kier molecular flexibility index (Phi) is 7.10. The highest BCUT2D eigenvalue weighted by molar-refractivity contribution is 6.46. The zero-order valence-electron chi connectivity index (χ0n) is 18.6. The van der Waals surface area contributed by atoms with Gasteiger partial charge in [-0.15, -0.1) is 0 Å². The Morgan fingerprint density at radius 3 is 2.61 bits per heavy atom. The molecule has 164 valence electrons. The van der Waals surface area contributed by atoms with E-state index in [9.17, 15) is 14.7 Å². The van der Waals surface area contributed by atoms with Crippen molar-refractivity contribution >= 4 is 17.4 Å². The van der Waals surface area contributed by atoms with E-state index in [1.807, 2.05) is 19.9 Å². The second kappa shape index (κ2) is 9.77. The molecule has 0 bridgehead atoms. The number of benzene rings is 1. The summed E-state index contributed by atoms with van der Waals surface area (Å²) in [5, 5.41) is 11.1. The maximum Gasteiger partial charge on any atom is 0.295 e. The Morgan fingerprint density at radius 1 is 1.23 bits per heavy atom. The van der Waals surface area contributed by atoms with Gasteiger partial charge in [0.25, 0.3) is 11.7 Å². The Morgan fingerprint density at radius 2 is 2.00 bits per heavy atom. The van der Waals surface area contributed by atoms with Crippen LogP contribution in [0.4, 0.5) is 0 Å². The van der Waals surface area contributed by atoms with Gasteiger partial charge in [-0.3, -0.25) is 14.6 Å². The fourth-order valence-electron chi connectivity index (χ4n) is 3.65. The highest BCUT2D eigenvalue weighted by atomic mass is 16.5. The number of pyridine rings is 1. The van der Waals surface area contributed by atoms with Gasteiger partial charge in [0.2, 0.25) is 0 Å². The lowest BCUT2D eigenvalue weighted by Crippen LogP contribution is -2.31. The van der Waals surface area contributed by atoms with Crippen LogP contribution in [0.2, 0.25) is 0 Å². The van der Waals surface area contributed by atoms with Crippen LogP contribution in [0.25, 0.3) is 5.76 Å². The molecule has 6 heteroatoms. The molecule has 31 heavy (non-hydrogen) atoms. The lowest BCUT2D eigenvalue weighted by Gasteiger charge is -2.24. The number of hydrogen-bond acceptors (Lipinski definition) is 5. The van der Waals surface area contributed by atoms with E-state index in [2.05, 4.69) is 18.8 Å². The van der Waals surface area contributed by atoms with Gasteiger partial charge < -0.3 is 14.7 Å². The van der Waals surface area contributed by atoms with Crippen molar-refractivity contribution in [1.29, 1.82) is 0 Å². The molecular formula is C25H30N2O4. The average Bonchev–Trinajstić information content (AvgIpc) is 3.01. The summed E-state index contributed by atoms with van der Waals surface area (Å²) in [5.74, 6) is -0.340. The third-order valence-electron chi connectivity index (χ3n) is 5.28. The number of Topliss-reactive ketones (excluding diaryl/α,β-unsaturated/α-hetero) is 1. The van der Waals surface area contributed by atoms with Gasteiger partial charge in [0.1, 0.15) is 17.6 Å². The summed E-state index contributed by atoms with van der Waals surface area (Å²) in [5.41, 5.74) is 1.96. The number of carbonyl (C=O) groups is 2. The van der Waals surface area contributed by atoms with Crippen molar-refractivity contribution in [3.05, 3.63) is 65.0 Å². The number of unbranched alkanes of at least 4 members (excludes halogenated alkanes) is 1. The molecule has 2 aromatic rings. The summed E-state index contributed by atoms with van der Waals surface area (Å²) in [7, 11) is 0. The van der Waals surface area contributed by atoms with Crippen molar-refractivity contribution in [3.8, 4) is 5.75 Å². The minimum atomic E-state index is -0.704. The number of aliphatic hydroxyl groups excluding tert-OH is 1. The second-order valence-electron chi connectivity index (χ2n) is 8.29. The molecule has 2 heterocycles. The van der Waals surface area contributed by atoms with Gasteiger partial charge in [-0.2, -0.15) is 0 Å². The minimum absolute atomic E-state index is 0.0788. The largest absolute Gasteiger partial charge is 0.507 e. The van der Waals surface area contributed by atoms with Crippen LogP contribution in [0.5, 0.6) is 5.75 Å². The third kappa shape index (κ3) is 4.79. The smallest absolute Gasteiger partial charge is 0.295 e. The summed E-state index contributed by atoms with van der Waals surface area (Å²) < 4.78 is 5.81. The van der Waals surface area contributed by atoms with Crippen LogP contribution in [0.15, 0.2) is 48.2 Å². The van der Waals surface area contributed by atoms with Crippen molar-refractivity contribution in [2.75, 3.05) is 13.2 Å². The Labute approximate surface area is 183 Å². The van der Waals surface area contributed by atoms with Gasteiger partial charge in [0.15, 0.2) is 0 Å². The number of likely N-dealkylation sites (tertiary alicyclic amines) is 1. The number of hydrogen-bond donors (Lipinski definition) is 1. The summed E-state index contributed by atoms with van der Waals surface area (Å²) in [6, 6.07) is 9.94. The molecule has 1 aromatic heterocycles. The topological polar surface area (TPSA) is 79.7 Å². The van der Waals surface area contributed by atoms with Crippen molar-refractivity contribution in [1.82, 2.24) is 9.88 Å². The SMILES string of the molecule is CCCCN1C(=O)C(=O)/C(=C(\O)c2ccc(OCC(C)C)c(C)c2)C1c1ccccn1. The van der Waals surface area contributed by atoms with Crippen LogP contribution in [-0.4, -0.2) is 39.8 Å². The van der Waals surface area contributed by atoms with E-state index in [0.717, 1.165) is 24.2 Å². The zero-order valence-corrected chi connectivity index (χ0v) is 18.6. The first kappa shape index (κ1) is 22.5. The van der Waals surface area contributed by atoms with Crippen LogP contribution in [0.1, 0.15) is 56.5 Å². The van der Waals surface area contributed by atoms with Crippen LogP contribution < -0.4 is 4.74 Å². The minimum Gasteiger partial charge on any atom is -0.507 e. The zero-order chi connectivity index (χ0) is 22.5. The molecule has 3 rings (SSSR count). The first-order valence-corrected chi connectivity index (χ1v) is 10.8.